The van der Waals surface area contributed by atoms with Gasteiger partial charge in [-0.3, -0.25) is 0 Å². The molecular weight excluding hydrogens is 314 g/mol. The topological polar surface area (TPSA) is 12.9 Å². The summed E-state index contributed by atoms with van der Waals surface area (Å²) in [5.41, 5.74) is 8.17. The van der Waals surface area contributed by atoms with Gasteiger partial charge < -0.3 is 0 Å². The van der Waals surface area contributed by atoms with Crippen LogP contribution in [0.3, 0.4) is 0 Å². The van der Waals surface area contributed by atoms with E-state index in [9.17, 15) is 0 Å². The molecule has 0 aliphatic rings. The molecule has 0 unspecified atom stereocenters. The first kappa shape index (κ1) is 16.3. The lowest BCUT2D eigenvalue weighted by Crippen LogP contribution is -1.99. The minimum atomic E-state index is 0.783. The van der Waals surface area contributed by atoms with Crippen LogP contribution in [-0.4, -0.2) is 4.98 Å². The van der Waals surface area contributed by atoms with Crippen LogP contribution in [-0.2, 0) is 6.42 Å². The fourth-order valence-corrected chi connectivity index (χ4v) is 3.53. The van der Waals surface area contributed by atoms with Gasteiger partial charge in [0.1, 0.15) is 0 Å². The Morgan fingerprint density at radius 3 is 2.15 bits per heavy atom. The van der Waals surface area contributed by atoms with Crippen LogP contribution in [0.1, 0.15) is 11.1 Å². The molecular formula is C25H21N. The van der Waals surface area contributed by atoms with Crippen molar-refractivity contribution in [3.8, 4) is 22.4 Å². The van der Waals surface area contributed by atoms with Gasteiger partial charge in [-0.1, -0.05) is 78.4 Å². The number of allylic oxidation sites excluding steroid dienone is 1. The Labute approximate surface area is 154 Å². The van der Waals surface area contributed by atoms with Crippen molar-refractivity contribution < 1.29 is 0 Å². The van der Waals surface area contributed by atoms with Gasteiger partial charge in [0.05, 0.1) is 11.2 Å². The Bertz CT molecular complexity index is 1060. The maximum atomic E-state index is 5.04. The Balaban J connectivity index is 2.15. The molecule has 0 saturated carbocycles. The molecule has 0 atom stereocenters. The van der Waals surface area contributed by atoms with E-state index < -0.39 is 0 Å². The summed E-state index contributed by atoms with van der Waals surface area (Å²) in [6.45, 7) is 6.13. The van der Waals surface area contributed by atoms with Crippen molar-refractivity contribution in [2.75, 3.05) is 0 Å². The van der Waals surface area contributed by atoms with Crippen molar-refractivity contribution in [3.05, 3.63) is 103 Å². The van der Waals surface area contributed by atoms with Crippen molar-refractivity contribution in [1.29, 1.82) is 0 Å². The quantitative estimate of drug-likeness (QED) is 0.383. The van der Waals surface area contributed by atoms with Crippen LogP contribution in [0.4, 0.5) is 0 Å². The zero-order valence-electron chi connectivity index (χ0n) is 14.9. The van der Waals surface area contributed by atoms with Crippen LogP contribution in [0, 0.1) is 6.92 Å². The van der Waals surface area contributed by atoms with Crippen molar-refractivity contribution in [2.45, 2.75) is 13.3 Å². The van der Waals surface area contributed by atoms with E-state index >= 15 is 0 Å². The van der Waals surface area contributed by atoms with Crippen LogP contribution < -0.4 is 0 Å². The summed E-state index contributed by atoms with van der Waals surface area (Å²) < 4.78 is 0. The van der Waals surface area contributed by atoms with Crippen LogP contribution in [0.15, 0.2) is 91.5 Å². The van der Waals surface area contributed by atoms with Crippen molar-refractivity contribution >= 4 is 10.9 Å². The third kappa shape index (κ3) is 2.93. The number of aryl methyl sites for hydroxylation is 1. The smallest absolute Gasteiger partial charge is 0.0751 e. The van der Waals surface area contributed by atoms with E-state index in [2.05, 4.69) is 86.3 Å². The summed E-state index contributed by atoms with van der Waals surface area (Å²) in [7, 11) is 0. The molecule has 0 aliphatic heterocycles. The van der Waals surface area contributed by atoms with Gasteiger partial charge in [0.15, 0.2) is 0 Å². The minimum absolute atomic E-state index is 0.783. The second-order valence-corrected chi connectivity index (χ2v) is 6.56. The molecule has 1 aromatic heterocycles. The van der Waals surface area contributed by atoms with E-state index in [0.29, 0.717) is 0 Å². The molecule has 1 heterocycles. The van der Waals surface area contributed by atoms with Gasteiger partial charge in [-0.25, -0.2) is 4.98 Å². The molecule has 0 radical (unpaired) electrons. The van der Waals surface area contributed by atoms with E-state index in [1.807, 2.05) is 12.1 Å². The van der Waals surface area contributed by atoms with Crippen molar-refractivity contribution in [3.63, 3.8) is 0 Å². The Kier molecular flexibility index (Phi) is 4.37. The minimum Gasteiger partial charge on any atom is -0.247 e. The second kappa shape index (κ2) is 6.97. The maximum Gasteiger partial charge on any atom is 0.0751 e. The zero-order chi connectivity index (χ0) is 17.9. The molecule has 0 spiro atoms. The van der Waals surface area contributed by atoms with Crippen LogP contribution in [0.2, 0.25) is 0 Å². The number of rotatable bonds is 4. The molecule has 4 aromatic rings. The lowest BCUT2D eigenvalue weighted by molar-refractivity contribution is 1.23. The first-order valence-corrected chi connectivity index (χ1v) is 8.93. The van der Waals surface area contributed by atoms with E-state index in [1.165, 1.54) is 27.6 Å². The van der Waals surface area contributed by atoms with Crippen molar-refractivity contribution in [2.24, 2.45) is 0 Å². The number of hydrogen-bond donors (Lipinski definition) is 0. The van der Waals surface area contributed by atoms with E-state index in [1.54, 1.807) is 0 Å². The maximum absolute atomic E-state index is 5.04. The Morgan fingerprint density at radius 2 is 1.50 bits per heavy atom. The molecule has 0 aliphatic carbocycles. The average molecular weight is 335 g/mol. The van der Waals surface area contributed by atoms with Crippen LogP contribution >= 0.6 is 0 Å². The van der Waals surface area contributed by atoms with E-state index in [0.717, 1.165) is 23.2 Å². The molecule has 26 heavy (non-hydrogen) atoms. The molecule has 0 N–H and O–H groups in total. The first-order valence-electron chi connectivity index (χ1n) is 8.93. The van der Waals surface area contributed by atoms with E-state index in [-0.39, 0.29) is 0 Å². The number of pyridine rings is 1. The van der Waals surface area contributed by atoms with Gasteiger partial charge in [0.2, 0.25) is 0 Å². The molecule has 1 nitrogen and oxygen atoms in total. The second-order valence-electron chi connectivity index (χ2n) is 6.56. The normalized spacial score (nSPS) is 10.8. The lowest BCUT2D eigenvalue weighted by Gasteiger charge is -2.17. The van der Waals surface area contributed by atoms with E-state index in [4.69, 9.17) is 4.98 Å². The van der Waals surface area contributed by atoms with Crippen LogP contribution in [0.5, 0.6) is 0 Å². The van der Waals surface area contributed by atoms with Crippen molar-refractivity contribution in [1.82, 2.24) is 4.98 Å². The number of aromatic nitrogens is 1. The third-order valence-corrected chi connectivity index (χ3v) is 4.70. The highest BCUT2D eigenvalue weighted by molar-refractivity contribution is 5.99. The molecule has 1 heteroatoms. The Morgan fingerprint density at radius 1 is 0.846 bits per heavy atom. The molecule has 4 rings (SSSR count). The number of fused-ring (bicyclic) bond motifs is 1. The monoisotopic (exact) mass is 335 g/mol. The highest BCUT2D eigenvalue weighted by atomic mass is 14.7. The fourth-order valence-electron chi connectivity index (χ4n) is 3.53. The summed E-state index contributed by atoms with van der Waals surface area (Å²) in [4.78, 5) is 5.04. The molecule has 3 aromatic carbocycles. The molecule has 0 fully saturated rings. The van der Waals surface area contributed by atoms with Gasteiger partial charge in [0.25, 0.3) is 0 Å². The summed E-state index contributed by atoms with van der Waals surface area (Å²) in [6.07, 6.45) is 2.75. The average Bonchev–Trinajstić information content (AvgIpc) is 2.69. The summed E-state index contributed by atoms with van der Waals surface area (Å²) >= 11 is 0. The van der Waals surface area contributed by atoms with Gasteiger partial charge >= 0.3 is 0 Å². The molecule has 0 bridgehead atoms. The van der Waals surface area contributed by atoms with Crippen LogP contribution in [0.25, 0.3) is 33.3 Å². The fraction of sp³-hybridized carbons (Fsp3) is 0.0800. The van der Waals surface area contributed by atoms with Gasteiger partial charge in [-0.15, -0.1) is 6.58 Å². The first-order chi connectivity index (χ1) is 12.8. The molecule has 126 valence electrons. The predicted molar refractivity (Wildman–Crippen MR) is 111 cm³/mol. The number of nitrogens with zero attached hydrogens (tertiary/aromatic N) is 1. The van der Waals surface area contributed by atoms with Gasteiger partial charge in [-0.2, -0.15) is 0 Å². The number of hydrogen-bond acceptors (Lipinski definition) is 1. The largest absolute Gasteiger partial charge is 0.247 e. The highest BCUT2D eigenvalue weighted by Crippen LogP contribution is 2.37. The SMILES string of the molecule is C=CCc1c(-c2ccccc2)nc2ccc(C)cc2c1-c1ccccc1. The predicted octanol–water partition coefficient (Wildman–Crippen LogP) is 6.61. The third-order valence-electron chi connectivity index (χ3n) is 4.70. The Hall–Kier alpha value is -3.19. The summed E-state index contributed by atoms with van der Waals surface area (Å²) in [5, 5.41) is 1.20. The lowest BCUT2D eigenvalue weighted by atomic mass is 9.90. The number of benzene rings is 3. The van der Waals surface area contributed by atoms with Gasteiger partial charge in [0, 0.05) is 10.9 Å². The molecule has 0 saturated heterocycles. The zero-order valence-corrected chi connectivity index (χ0v) is 14.9. The highest BCUT2D eigenvalue weighted by Gasteiger charge is 2.17. The standard InChI is InChI=1S/C25H21N/c1-3-10-21-24(19-11-6-4-7-12-19)22-17-18(2)15-16-23(22)26-25(21)20-13-8-5-9-14-20/h3-9,11-17H,1,10H2,2H3. The summed E-state index contributed by atoms with van der Waals surface area (Å²) in [5.74, 6) is 0. The van der Waals surface area contributed by atoms with Gasteiger partial charge in [-0.05, 0) is 42.2 Å². The summed E-state index contributed by atoms with van der Waals surface area (Å²) in [6, 6.07) is 27.5. The molecule has 0 amide bonds.